The number of benzene rings is 2. The topological polar surface area (TPSA) is 345 Å². The van der Waals surface area contributed by atoms with E-state index in [4.69, 9.17) is 11.5 Å². The van der Waals surface area contributed by atoms with Gasteiger partial charge in [-0.1, -0.05) is 48.5 Å². The van der Waals surface area contributed by atoms with Crippen LogP contribution in [0, 0.1) is 5.92 Å². The molecule has 0 spiro atoms. The standard InChI is InChI=1S/C49H68N12O10/c1-28(62)56-32-24-41-47(70)60-39(22-30-15-17-33(63)18-16-30)45(68)59-40(23-31-25-54-35-12-6-5-11-34(31)35)46(69)57-36(13-7-20-53-49(50)51)43(66)52-19-8-14-37(48(71)61(41)27-32)58-44(67)38(55-26-42(64)65)21-29-9-3-2-4-10-29/h2-6,9-12,25,30,32-33,36-41,54-55,63H,7-8,13-24,26-27H2,1H3,(H,52,66)(H,56,62)(H,57,69)(H,58,67)(H,59,68)(H,60,70)(H,64,65)(H4,50,51,53)/t30?,32-,33?,36+,37+,38?,39-,40+,41+/m1/s1. The number of aliphatic carboxylic acids is 1. The lowest BCUT2D eigenvalue weighted by Gasteiger charge is -2.33. The molecule has 1 unspecified atom stereocenters. The van der Waals surface area contributed by atoms with Crippen molar-refractivity contribution in [2.75, 3.05) is 26.2 Å². The molecule has 0 bridgehead atoms. The molecule has 22 nitrogen and oxygen atoms in total. The van der Waals surface area contributed by atoms with Gasteiger partial charge in [0.2, 0.25) is 41.4 Å². The van der Waals surface area contributed by atoms with Crippen LogP contribution in [-0.2, 0) is 51.2 Å². The molecule has 1 aromatic heterocycles. The van der Waals surface area contributed by atoms with E-state index in [1.165, 1.54) is 11.8 Å². The average molecular weight is 985 g/mol. The summed E-state index contributed by atoms with van der Waals surface area (Å²) in [4.78, 5) is 120. The first kappa shape index (κ1) is 53.3. The number of carboxylic acids is 1. The van der Waals surface area contributed by atoms with E-state index in [2.05, 4.69) is 47.2 Å². The number of amides is 7. The number of rotatable bonds is 16. The summed E-state index contributed by atoms with van der Waals surface area (Å²) in [6.45, 7) is 0.728. The Kier molecular flexibility index (Phi) is 19.3. The molecule has 14 N–H and O–H groups in total. The lowest BCUT2D eigenvalue weighted by Crippen LogP contribution is -2.60. The maximum atomic E-state index is 14.9. The summed E-state index contributed by atoms with van der Waals surface area (Å²) in [6.07, 6.45) is 3.89. The van der Waals surface area contributed by atoms with Gasteiger partial charge in [-0.25, -0.2) is 0 Å². The minimum absolute atomic E-state index is 0.00530. The van der Waals surface area contributed by atoms with Crippen molar-refractivity contribution < 1.29 is 48.6 Å². The molecule has 1 saturated carbocycles. The van der Waals surface area contributed by atoms with E-state index in [0.717, 1.165) is 10.9 Å². The summed E-state index contributed by atoms with van der Waals surface area (Å²) in [5.74, 6) is -5.91. The molecule has 6 rings (SSSR count). The Bertz CT molecular complexity index is 2380. The molecule has 0 radical (unpaired) electrons. The minimum atomic E-state index is -1.32. The number of nitrogens with two attached hydrogens (primary N) is 2. The Balaban J connectivity index is 1.36. The smallest absolute Gasteiger partial charge is 0.317 e. The molecule has 7 amide bonds. The van der Waals surface area contributed by atoms with Crippen LogP contribution in [0.15, 0.2) is 65.8 Å². The third kappa shape index (κ3) is 15.7. The molecule has 3 heterocycles. The highest BCUT2D eigenvalue weighted by atomic mass is 16.4. The Labute approximate surface area is 411 Å². The van der Waals surface area contributed by atoms with Gasteiger partial charge < -0.3 is 63.5 Å². The lowest BCUT2D eigenvalue weighted by atomic mass is 9.83. The van der Waals surface area contributed by atoms with Crippen molar-refractivity contribution in [1.82, 2.24) is 47.1 Å². The van der Waals surface area contributed by atoms with Gasteiger partial charge in [-0.15, -0.1) is 0 Å². The number of aliphatic imine (C=N–C) groups is 1. The number of aliphatic hydroxyl groups is 1. The van der Waals surface area contributed by atoms with Crippen LogP contribution < -0.4 is 48.7 Å². The minimum Gasteiger partial charge on any atom is -0.480 e. The van der Waals surface area contributed by atoms with Crippen LogP contribution in [-0.4, -0.2) is 148 Å². The van der Waals surface area contributed by atoms with Gasteiger partial charge in [-0.05, 0) is 93.7 Å². The number of fused-ring (bicyclic) bond motifs is 2. The van der Waals surface area contributed by atoms with Gasteiger partial charge in [0.1, 0.15) is 30.2 Å². The molecule has 2 aliphatic heterocycles. The monoisotopic (exact) mass is 985 g/mol. The zero-order valence-electron chi connectivity index (χ0n) is 40.0. The molecule has 3 fully saturated rings. The number of nitrogens with one attached hydrogen (secondary N) is 8. The summed E-state index contributed by atoms with van der Waals surface area (Å²) < 4.78 is 0. The maximum absolute atomic E-state index is 14.9. The fraction of sp³-hybridized carbons (Fsp3) is 0.531. The number of carbonyl (C=O) groups excluding carboxylic acids is 7. The molecule has 384 valence electrons. The van der Waals surface area contributed by atoms with Crippen LogP contribution in [0.2, 0.25) is 0 Å². The predicted octanol–water partition coefficient (Wildman–Crippen LogP) is -1.05. The number of aromatic nitrogens is 1. The molecule has 7 atom stereocenters. The molecule has 1 aliphatic carbocycles. The number of guanidine groups is 1. The largest absolute Gasteiger partial charge is 0.480 e. The number of carbonyl (C=O) groups is 8. The molecule has 2 saturated heterocycles. The second-order valence-corrected chi connectivity index (χ2v) is 18.8. The number of nitrogens with zero attached hydrogens (tertiary/aromatic N) is 2. The second-order valence-electron chi connectivity index (χ2n) is 18.8. The number of aromatic amines is 1. The van der Waals surface area contributed by atoms with Crippen molar-refractivity contribution in [2.24, 2.45) is 22.4 Å². The van der Waals surface area contributed by atoms with Crippen molar-refractivity contribution in [3.05, 3.63) is 71.9 Å². The zero-order valence-corrected chi connectivity index (χ0v) is 40.0. The Hall–Kier alpha value is -7.07. The van der Waals surface area contributed by atoms with Crippen LogP contribution in [0.1, 0.15) is 82.3 Å². The van der Waals surface area contributed by atoms with Crippen LogP contribution in [0.3, 0.4) is 0 Å². The van der Waals surface area contributed by atoms with Gasteiger partial charge in [0.15, 0.2) is 5.96 Å². The summed E-state index contributed by atoms with van der Waals surface area (Å²) in [6, 6.07) is 8.32. The van der Waals surface area contributed by atoms with Gasteiger partial charge in [0.05, 0.1) is 18.7 Å². The van der Waals surface area contributed by atoms with Crippen molar-refractivity contribution in [3.63, 3.8) is 0 Å². The van der Waals surface area contributed by atoms with Crippen molar-refractivity contribution in [1.29, 1.82) is 0 Å². The van der Waals surface area contributed by atoms with Gasteiger partial charge in [0, 0.05) is 56.1 Å². The Morgan fingerprint density at radius 1 is 0.845 bits per heavy atom. The highest BCUT2D eigenvalue weighted by Gasteiger charge is 2.44. The number of carboxylic acid groups (broad SMARTS) is 1. The summed E-state index contributed by atoms with van der Waals surface area (Å²) in [5.41, 5.74) is 13.3. The number of hydrogen-bond donors (Lipinski definition) is 12. The zero-order chi connectivity index (χ0) is 51.0. The normalized spacial score (nSPS) is 25.3. The second kappa shape index (κ2) is 25.7. The average Bonchev–Trinajstić information content (AvgIpc) is 3.95. The van der Waals surface area contributed by atoms with Gasteiger partial charge in [-0.3, -0.25) is 48.7 Å². The van der Waals surface area contributed by atoms with Gasteiger partial charge in [0.25, 0.3) is 0 Å². The molecule has 3 aromatic rings. The van der Waals surface area contributed by atoms with Crippen molar-refractivity contribution in [2.45, 2.75) is 132 Å². The van der Waals surface area contributed by atoms with Crippen LogP contribution in [0.25, 0.3) is 10.9 Å². The summed E-state index contributed by atoms with van der Waals surface area (Å²) in [5, 5.41) is 40.5. The van der Waals surface area contributed by atoms with Crippen LogP contribution in [0.4, 0.5) is 0 Å². The van der Waals surface area contributed by atoms with E-state index in [1.807, 2.05) is 24.3 Å². The van der Waals surface area contributed by atoms with Crippen LogP contribution >= 0.6 is 0 Å². The SMILES string of the molecule is CC(=O)N[C@@H]1C[C@H]2C(=O)N[C@H](CC3CCC(O)CC3)C(=O)N[C@@H](Cc3c[nH]c4ccccc34)C(=O)N[C@@H](CCCN=C(N)N)C(=O)NCCC[C@H](NC(=O)C(Cc3ccccc3)NCC(=O)O)C(=O)N2C1. The van der Waals surface area contributed by atoms with E-state index < -0.39 is 102 Å². The number of para-hydroxylation sites is 1. The quantitative estimate of drug-likeness (QED) is 0.0464. The number of H-pyrrole nitrogens is 1. The number of hydrogen-bond acceptors (Lipinski definition) is 11. The molecular formula is C49H68N12O10. The van der Waals surface area contributed by atoms with E-state index in [0.29, 0.717) is 36.8 Å². The predicted molar refractivity (Wildman–Crippen MR) is 262 cm³/mol. The fourth-order valence-corrected chi connectivity index (χ4v) is 9.67. The molecule has 22 heteroatoms. The molecular weight excluding hydrogens is 917 g/mol. The molecule has 3 aliphatic rings. The fourth-order valence-electron chi connectivity index (χ4n) is 9.67. The van der Waals surface area contributed by atoms with Gasteiger partial charge >= 0.3 is 5.97 Å². The first-order valence-electron chi connectivity index (χ1n) is 24.4. The van der Waals surface area contributed by atoms with Gasteiger partial charge in [-0.2, -0.15) is 0 Å². The first-order valence-corrected chi connectivity index (χ1v) is 24.4. The van der Waals surface area contributed by atoms with E-state index in [-0.39, 0.29) is 82.9 Å². The summed E-state index contributed by atoms with van der Waals surface area (Å²) >= 11 is 0. The Morgan fingerprint density at radius 2 is 1.54 bits per heavy atom. The first-order chi connectivity index (χ1) is 34.0. The van der Waals surface area contributed by atoms with Crippen LogP contribution in [0.5, 0.6) is 0 Å². The third-order valence-electron chi connectivity index (χ3n) is 13.3. The Morgan fingerprint density at radius 3 is 2.25 bits per heavy atom. The van der Waals surface area contributed by atoms with E-state index in [1.54, 1.807) is 36.5 Å². The third-order valence-corrected chi connectivity index (χ3v) is 13.3. The van der Waals surface area contributed by atoms with E-state index >= 15 is 0 Å². The highest BCUT2D eigenvalue weighted by Crippen LogP contribution is 2.29. The molecule has 71 heavy (non-hydrogen) atoms. The highest BCUT2D eigenvalue weighted by molar-refractivity contribution is 5.98. The van der Waals surface area contributed by atoms with E-state index in [9.17, 15) is 48.6 Å². The maximum Gasteiger partial charge on any atom is 0.317 e. The van der Waals surface area contributed by atoms with Crippen molar-refractivity contribution >= 4 is 64.2 Å². The van der Waals surface area contributed by atoms with Crippen molar-refractivity contribution in [3.8, 4) is 0 Å². The lowest BCUT2D eigenvalue weighted by molar-refractivity contribution is -0.143. The summed E-state index contributed by atoms with van der Waals surface area (Å²) in [7, 11) is 0. The number of aliphatic hydroxyl groups excluding tert-OH is 1. The molecule has 2 aromatic carbocycles.